The number of hydrogen-bond acceptors (Lipinski definition) is 2. The van der Waals surface area contributed by atoms with E-state index in [-0.39, 0.29) is 0 Å². The highest BCUT2D eigenvalue weighted by Gasteiger charge is 2.76. The van der Waals surface area contributed by atoms with Gasteiger partial charge in [-0.3, -0.25) is 0 Å². The van der Waals surface area contributed by atoms with Crippen LogP contribution >= 0.6 is 0 Å². The van der Waals surface area contributed by atoms with Gasteiger partial charge in [0.2, 0.25) is 0 Å². The molecule has 1 aliphatic carbocycles. The van der Waals surface area contributed by atoms with Crippen LogP contribution < -0.4 is 0 Å². The maximum Gasteiger partial charge on any atom is 0.425 e. The van der Waals surface area contributed by atoms with Crippen molar-refractivity contribution < 1.29 is 62.9 Å². The predicted molar refractivity (Wildman–Crippen MR) is 55.5 cm³/mol. The largest absolute Gasteiger partial charge is 0.425 e. The fourth-order valence-electron chi connectivity index (χ4n) is 2.53. The quantitative estimate of drug-likeness (QED) is 0.705. The minimum Gasteiger partial charge on any atom is -0.383 e. The van der Waals surface area contributed by atoms with E-state index in [0.29, 0.717) is 0 Å². The van der Waals surface area contributed by atoms with Crippen LogP contribution in [0.1, 0.15) is 19.3 Å². The van der Waals surface area contributed by atoms with E-state index in [2.05, 4.69) is 0 Å². The van der Waals surface area contributed by atoms with Gasteiger partial charge in [0.15, 0.2) is 0 Å². The highest BCUT2D eigenvalue weighted by atomic mass is 19.4. The Morgan fingerprint density at radius 2 is 0.840 bits per heavy atom. The van der Waals surface area contributed by atoms with Crippen molar-refractivity contribution in [2.45, 2.75) is 67.0 Å². The summed E-state index contributed by atoms with van der Waals surface area (Å²) in [6.07, 6.45) is -28.7. The molecule has 1 fully saturated rings. The number of rotatable bonds is 4. The Labute approximate surface area is 131 Å². The van der Waals surface area contributed by atoms with Gasteiger partial charge in [-0.25, -0.2) is 8.78 Å². The van der Waals surface area contributed by atoms with Crippen molar-refractivity contribution >= 4 is 0 Å². The maximum absolute atomic E-state index is 13.6. The fraction of sp³-hybridized carbons (Fsp3) is 1.00. The molecule has 1 rings (SSSR count). The summed E-state index contributed by atoms with van der Waals surface area (Å²) < 4.78 is 153. The Kier molecular flexibility index (Phi) is 5.12. The van der Waals surface area contributed by atoms with E-state index in [1.54, 1.807) is 0 Å². The van der Waals surface area contributed by atoms with Crippen LogP contribution in [0.4, 0.5) is 52.7 Å². The van der Waals surface area contributed by atoms with Crippen LogP contribution in [0.3, 0.4) is 0 Å². The van der Waals surface area contributed by atoms with E-state index in [1.165, 1.54) is 0 Å². The topological polar surface area (TPSA) is 40.5 Å². The maximum atomic E-state index is 13.6. The molecule has 2 nitrogen and oxygen atoms in total. The summed E-state index contributed by atoms with van der Waals surface area (Å²) in [4.78, 5) is 0. The van der Waals surface area contributed by atoms with Crippen LogP contribution in [0.15, 0.2) is 0 Å². The van der Waals surface area contributed by atoms with Crippen molar-refractivity contribution in [2.75, 3.05) is 0 Å². The van der Waals surface area contributed by atoms with Crippen LogP contribution in [0, 0.1) is 0 Å². The van der Waals surface area contributed by atoms with Gasteiger partial charge in [0, 0.05) is 6.42 Å². The van der Waals surface area contributed by atoms with Crippen LogP contribution in [0.2, 0.25) is 0 Å². The van der Waals surface area contributed by atoms with Crippen molar-refractivity contribution in [2.24, 2.45) is 0 Å². The number of halogens is 12. The second kappa shape index (κ2) is 5.79. The van der Waals surface area contributed by atoms with Gasteiger partial charge in [-0.1, -0.05) is 0 Å². The number of hydrogen-bond donors (Lipinski definition) is 2. The van der Waals surface area contributed by atoms with E-state index < -0.39 is 67.0 Å². The highest BCUT2D eigenvalue weighted by Crippen LogP contribution is 2.56. The molecule has 0 amide bonds. The molecule has 4 unspecified atom stereocenters. The Morgan fingerprint density at radius 3 is 1.04 bits per heavy atom. The molecule has 14 heteroatoms. The van der Waals surface area contributed by atoms with Crippen LogP contribution in [-0.2, 0) is 0 Å². The van der Waals surface area contributed by atoms with Gasteiger partial charge in [-0.05, 0) is 12.8 Å². The van der Waals surface area contributed by atoms with Gasteiger partial charge in [-0.15, -0.1) is 0 Å². The van der Waals surface area contributed by atoms with E-state index in [9.17, 15) is 62.9 Å². The van der Waals surface area contributed by atoms with E-state index in [0.717, 1.165) is 0 Å². The average molecular weight is 402 g/mol. The van der Waals surface area contributed by atoms with E-state index in [1.807, 2.05) is 0 Å². The third-order valence-electron chi connectivity index (χ3n) is 3.99. The monoisotopic (exact) mass is 402 g/mol. The molecule has 0 aromatic rings. The van der Waals surface area contributed by atoms with Gasteiger partial charge >= 0.3 is 24.2 Å². The first-order valence-electron chi connectivity index (χ1n) is 6.34. The van der Waals surface area contributed by atoms with E-state index >= 15 is 0 Å². The molecule has 25 heavy (non-hydrogen) atoms. The summed E-state index contributed by atoms with van der Waals surface area (Å²) in [6, 6.07) is 0. The molecule has 0 aromatic carbocycles. The van der Waals surface area contributed by atoms with Crippen LogP contribution in [0.25, 0.3) is 0 Å². The molecule has 1 saturated carbocycles. The summed E-state index contributed by atoms with van der Waals surface area (Å²) >= 11 is 0. The molecule has 0 aromatic heterocycles. The minimum absolute atomic E-state index is 1.83. The van der Waals surface area contributed by atoms with Crippen molar-refractivity contribution in [1.29, 1.82) is 0 Å². The third-order valence-corrected chi connectivity index (χ3v) is 3.99. The van der Waals surface area contributed by atoms with Gasteiger partial charge in [0.1, 0.15) is 11.2 Å². The van der Waals surface area contributed by atoms with Gasteiger partial charge in [0.25, 0.3) is 12.3 Å². The van der Waals surface area contributed by atoms with Crippen molar-refractivity contribution in [1.82, 2.24) is 0 Å². The zero-order chi connectivity index (χ0) is 20.3. The van der Waals surface area contributed by atoms with Crippen molar-refractivity contribution in [3.8, 4) is 0 Å². The first kappa shape index (κ1) is 22.1. The number of aliphatic hydroxyl groups is 2. The molecular weight excluding hydrogens is 392 g/mol. The second-order valence-corrected chi connectivity index (χ2v) is 5.79. The van der Waals surface area contributed by atoms with Crippen molar-refractivity contribution in [3.63, 3.8) is 0 Å². The molecular formula is C11H10F12O2. The first-order chi connectivity index (χ1) is 10.7. The first-order valence-corrected chi connectivity index (χ1v) is 6.34. The van der Waals surface area contributed by atoms with E-state index in [4.69, 9.17) is 0 Å². The lowest BCUT2D eigenvalue weighted by Gasteiger charge is -2.39. The van der Waals surface area contributed by atoms with Gasteiger partial charge in [0.05, 0.1) is 0 Å². The Balaban J connectivity index is 3.21. The molecule has 1 aliphatic rings. The normalized spacial score (nSPS) is 31.9. The molecule has 2 N–H and O–H groups in total. The van der Waals surface area contributed by atoms with Gasteiger partial charge < -0.3 is 10.2 Å². The Bertz CT molecular complexity index is 456. The minimum atomic E-state index is -6.24. The second-order valence-electron chi connectivity index (χ2n) is 5.79. The molecule has 0 saturated heterocycles. The average Bonchev–Trinajstić information content (AvgIpc) is 2.74. The predicted octanol–water partition coefficient (Wildman–Crippen LogP) is 3.70. The standard InChI is InChI=1S/C11H10F12O2/c12-4(10(18,19)20)8(14,15)6(24)1-2-7(25,3-6)9(16,17)5(13)11(21,22)23/h4-5,24-25H,1-3H2. The van der Waals surface area contributed by atoms with Crippen molar-refractivity contribution in [3.05, 3.63) is 0 Å². The third kappa shape index (κ3) is 3.51. The Hall–Kier alpha value is -0.920. The molecule has 0 radical (unpaired) electrons. The molecule has 0 heterocycles. The molecule has 4 atom stereocenters. The summed E-state index contributed by atoms with van der Waals surface area (Å²) in [6.45, 7) is 0. The number of alkyl halides is 12. The fourth-order valence-corrected chi connectivity index (χ4v) is 2.53. The summed E-state index contributed by atoms with van der Waals surface area (Å²) in [7, 11) is 0. The zero-order valence-electron chi connectivity index (χ0n) is 11.7. The van der Waals surface area contributed by atoms with Crippen LogP contribution in [-0.4, -0.2) is 58.0 Å². The Morgan fingerprint density at radius 1 is 0.600 bits per heavy atom. The summed E-state index contributed by atoms with van der Waals surface area (Å²) in [5, 5.41) is 18.9. The smallest absolute Gasteiger partial charge is 0.383 e. The molecule has 0 spiro atoms. The lowest BCUT2D eigenvalue weighted by Crippen LogP contribution is -2.61. The molecule has 0 bridgehead atoms. The lowest BCUT2D eigenvalue weighted by molar-refractivity contribution is -0.310. The highest BCUT2D eigenvalue weighted by molar-refractivity contribution is 5.14. The van der Waals surface area contributed by atoms with Crippen LogP contribution in [0.5, 0.6) is 0 Å². The zero-order valence-corrected chi connectivity index (χ0v) is 11.7. The lowest BCUT2D eigenvalue weighted by atomic mass is 9.84. The summed E-state index contributed by atoms with van der Waals surface area (Å²) in [5.74, 6) is -11.6. The molecule has 150 valence electrons. The van der Waals surface area contributed by atoms with Gasteiger partial charge in [-0.2, -0.15) is 43.9 Å². The summed E-state index contributed by atoms with van der Waals surface area (Å²) in [5.41, 5.74) is -8.54. The SMILES string of the molecule is OC1(C(F)(F)C(F)C(F)(F)F)CCC(O)(C(F)(F)C(F)C(F)(F)F)C1. The molecule has 0 aliphatic heterocycles.